The summed E-state index contributed by atoms with van der Waals surface area (Å²) in [6, 6.07) is 12.9. The van der Waals surface area contributed by atoms with E-state index in [2.05, 4.69) is 30.3 Å². The number of aromatic amines is 1. The Morgan fingerprint density at radius 1 is 1.06 bits per heavy atom. The predicted molar refractivity (Wildman–Crippen MR) is 199 cm³/mol. The number of anilines is 2. The maximum atomic E-state index is 16.7. The van der Waals surface area contributed by atoms with Gasteiger partial charge in [-0.25, -0.2) is 9.37 Å². The fraction of sp³-hybridized carbons (Fsp3) is 0.297. The van der Waals surface area contributed by atoms with Gasteiger partial charge in [0, 0.05) is 95.3 Å². The topological polar surface area (TPSA) is 162 Å². The van der Waals surface area contributed by atoms with Crippen molar-refractivity contribution in [1.82, 2.24) is 19.8 Å². The number of ether oxygens (including phenoxy) is 1. The molecule has 5 heterocycles. The first-order valence-corrected chi connectivity index (χ1v) is 16.9. The first-order chi connectivity index (χ1) is 24.9. The summed E-state index contributed by atoms with van der Waals surface area (Å²) in [5, 5.41) is 6.70. The lowest BCUT2D eigenvalue weighted by Crippen LogP contribution is -2.49. The van der Waals surface area contributed by atoms with E-state index in [4.69, 9.17) is 10.6 Å². The number of amides is 3. The molecule has 51 heavy (non-hydrogen) atoms. The summed E-state index contributed by atoms with van der Waals surface area (Å²) in [6.07, 6.45) is 7.50. The van der Waals surface area contributed by atoms with Crippen molar-refractivity contribution in [3.05, 3.63) is 77.4 Å². The van der Waals surface area contributed by atoms with Crippen molar-refractivity contribution in [3.63, 3.8) is 0 Å². The number of fused-ring (bicyclic) bond motifs is 2. The highest BCUT2D eigenvalue weighted by Gasteiger charge is 2.30. The van der Waals surface area contributed by atoms with E-state index >= 15 is 4.39 Å². The summed E-state index contributed by atoms with van der Waals surface area (Å²) < 4.78 is 22.4. The standard InChI is InChI=1S/C37H38FN9O4.2H2/c1-51-31-7-3-2-6-24(31)26-19-25(23-5-4-14-47(22-23)33(49)9-10-40-12-13-42-39)34(38)35-27(26)20-29(43-35)37(50)46-17-15-45(16-18-46)30-8-11-41-36-28(30)21-32(48)44-36;;/h2-3,5-8,11-13,19-20,43H,4,9-10,14-18,21-22,39H2,1H3,(H,41,44,48);2*1H/b40-12?,42-13-;;. The predicted octanol–water partition coefficient (Wildman–Crippen LogP) is 4.35. The van der Waals surface area contributed by atoms with Gasteiger partial charge in [-0.2, -0.15) is 5.10 Å². The van der Waals surface area contributed by atoms with Gasteiger partial charge in [0.15, 0.2) is 5.82 Å². The van der Waals surface area contributed by atoms with Crippen molar-refractivity contribution >= 4 is 58.1 Å². The Kier molecular flexibility index (Phi) is 9.47. The van der Waals surface area contributed by atoms with Gasteiger partial charge in [0.25, 0.3) is 5.91 Å². The maximum Gasteiger partial charge on any atom is 0.270 e. The molecule has 3 aliphatic rings. The van der Waals surface area contributed by atoms with E-state index in [1.54, 1.807) is 35.2 Å². The molecule has 1 fully saturated rings. The second kappa shape index (κ2) is 14.4. The van der Waals surface area contributed by atoms with Gasteiger partial charge in [0.1, 0.15) is 17.3 Å². The van der Waals surface area contributed by atoms with Crippen molar-refractivity contribution in [2.24, 2.45) is 15.9 Å². The van der Waals surface area contributed by atoms with E-state index in [9.17, 15) is 14.4 Å². The average molecular weight is 696 g/mol. The number of nitrogens with one attached hydrogen (secondary N) is 2. The number of H-pyrrole nitrogens is 1. The number of pyridine rings is 1. The molecule has 14 heteroatoms. The van der Waals surface area contributed by atoms with Crippen LogP contribution in [-0.2, 0) is 16.0 Å². The van der Waals surface area contributed by atoms with Gasteiger partial charge >= 0.3 is 0 Å². The van der Waals surface area contributed by atoms with Crippen LogP contribution >= 0.6 is 0 Å². The van der Waals surface area contributed by atoms with Gasteiger partial charge < -0.3 is 35.6 Å². The average Bonchev–Trinajstić information content (AvgIpc) is 3.79. The molecule has 0 spiro atoms. The second-order valence-corrected chi connectivity index (χ2v) is 12.6. The van der Waals surface area contributed by atoms with E-state index in [0.717, 1.165) is 16.8 Å². The van der Waals surface area contributed by atoms with Crippen LogP contribution in [0.5, 0.6) is 5.75 Å². The number of methoxy groups -OCH3 is 1. The van der Waals surface area contributed by atoms with Gasteiger partial charge in [-0.1, -0.05) is 24.3 Å². The van der Waals surface area contributed by atoms with Gasteiger partial charge in [-0.15, -0.1) is 0 Å². The largest absolute Gasteiger partial charge is 0.496 e. The van der Waals surface area contributed by atoms with Gasteiger partial charge in [0.05, 0.1) is 25.3 Å². The number of rotatable bonds is 9. The number of piperazine rings is 1. The lowest BCUT2D eigenvalue weighted by molar-refractivity contribution is -0.130. The maximum absolute atomic E-state index is 16.7. The number of hydrazone groups is 1. The van der Waals surface area contributed by atoms with Crippen molar-refractivity contribution in [3.8, 4) is 16.9 Å². The minimum Gasteiger partial charge on any atom is -0.496 e. The summed E-state index contributed by atoms with van der Waals surface area (Å²) in [5.41, 5.74) is 4.78. The first kappa shape index (κ1) is 33.4. The lowest BCUT2D eigenvalue weighted by Gasteiger charge is -2.36. The Bertz CT molecular complexity index is 2110. The van der Waals surface area contributed by atoms with E-state index < -0.39 is 5.82 Å². The van der Waals surface area contributed by atoms with Gasteiger partial charge in [-0.05, 0) is 41.8 Å². The van der Waals surface area contributed by atoms with Crippen LogP contribution < -0.4 is 20.8 Å². The van der Waals surface area contributed by atoms with Crippen LogP contribution in [0.4, 0.5) is 15.9 Å². The third kappa shape index (κ3) is 6.64. The van der Waals surface area contributed by atoms with Crippen LogP contribution in [0.3, 0.4) is 0 Å². The number of hydrogen-bond donors (Lipinski definition) is 3. The fourth-order valence-electron chi connectivity index (χ4n) is 7.05. The molecule has 2 aromatic heterocycles. The monoisotopic (exact) mass is 695 g/mol. The fourth-order valence-corrected chi connectivity index (χ4v) is 7.05. The molecule has 0 unspecified atom stereocenters. The molecule has 2 aromatic carbocycles. The minimum atomic E-state index is -0.492. The lowest BCUT2D eigenvalue weighted by atomic mass is 9.93. The number of hydrogen-bond acceptors (Lipinski definition) is 9. The third-order valence-electron chi connectivity index (χ3n) is 9.58. The number of carbonyl (C=O) groups is 3. The SMILES string of the molecule is COc1ccccc1-c1cc(C2=CCCN(C(=O)CCN=C/C=N\N)C2)c(F)c2[nH]c(C(=O)N3CCN(c4ccnc5c4CC(=O)N5)CC3)cc12.[HH].[HH]. The summed E-state index contributed by atoms with van der Waals surface area (Å²) in [6.45, 7) is 3.08. The molecule has 0 radical (unpaired) electrons. The Balaban J connectivity index is 0.00000271. The molecule has 1 saturated heterocycles. The quantitative estimate of drug-likeness (QED) is 0.133. The van der Waals surface area contributed by atoms with Crippen LogP contribution in [0.2, 0.25) is 0 Å². The molecule has 3 aliphatic heterocycles. The molecular formula is C37H42FN9O4. The summed E-state index contributed by atoms with van der Waals surface area (Å²) in [5.74, 6) is 5.39. The van der Waals surface area contributed by atoms with Crippen molar-refractivity contribution in [2.75, 3.05) is 63.1 Å². The highest BCUT2D eigenvalue weighted by Crippen LogP contribution is 2.40. The molecule has 7 rings (SSSR count). The van der Waals surface area contributed by atoms with Gasteiger partial charge in [-0.3, -0.25) is 19.4 Å². The molecule has 266 valence electrons. The molecule has 4 N–H and O–H groups in total. The Labute approximate surface area is 296 Å². The molecule has 3 amide bonds. The van der Waals surface area contributed by atoms with Crippen molar-refractivity contribution < 1.29 is 26.4 Å². The zero-order valence-corrected chi connectivity index (χ0v) is 28.2. The van der Waals surface area contributed by atoms with E-state index in [1.165, 1.54) is 12.4 Å². The van der Waals surface area contributed by atoms with E-state index in [-0.39, 0.29) is 57.7 Å². The number of halogens is 1. The normalized spacial score (nSPS) is 16.2. The number of para-hydroxylation sites is 1. The van der Waals surface area contributed by atoms with E-state index in [1.807, 2.05) is 36.4 Å². The Hall–Kier alpha value is -6.05. The molecule has 4 aromatic rings. The van der Waals surface area contributed by atoms with Gasteiger partial charge in [0.2, 0.25) is 11.8 Å². The third-order valence-corrected chi connectivity index (χ3v) is 9.58. The van der Waals surface area contributed by atoms with E-state index in [0.29, 0.717) is 72.8 Å². The highest BCUT2D eigenvalue weighted by molar-refractivity contribution is 6.15. The molecule has 0 saturated carbocycles. The van der Waals surface area contributed by atoms with Crippen LogP contribution in [0.1, 0.15) is 37.3 Å². The van der Waals surface area contributed by atoms with Crippen molar-refractivity contribution in [1.29, 1.82) is 0 Å². The molecule has 0 atom stereocenters. The number of aliphatic imine (C=N–C) groups is 1. The number of carbonyl (C=O) groups excluding carboxylic acids is 3. The Morgan fingerprint density at radius 2 is 1.88 bits per heavy atom. The van der Waals surface area contributed by atoms with Crippen LogP contribution in [0, 0.1) is 5.82 Å². The molecular weight excluding hydrogens is 653 g/mol. The molecule has 13 nitrogen and oxygen atoms in total. The first-order valence-electron chi connectivity index (χ1n) is 16.9. The van der Waals surface area contributed by atoms with Crippen molar-refractivity contribution in [2.45, 2.75) is 19.3 Å². The molecule has 0 bridgehead atoms. The van der Waals surface area contributed by atoms with Crippen LogP contribution in [0.25, 0.3) is 27.6 Å². The summed E-state index contributed by atoms with van der Waals surface area (Å²) in [7, 11) is 1.58. The second-order valence-electron chi connectivity index (χ2n) is 12.6. The smallest absolute Gasteiger partial charge is 0.270 e. The minimum absolute atomic E-state index is 0. The van der Waals surface area contributed by atoms with Crippen LogP contribution in [-0.4, -0.2) is 103 Å². The number of benzene rings is 2. The highest BCUT2D eigenvalue weighted by atomic mass is 19.1. The summed E-state index contributed by atoms with van der Waals surface area (Å²) in [4.78, 5) is 56.2. The zero-order chi connectivity index (χ0) is 35.5. The number of nitrogens with zero attached hydrogens (tertiary/aromatic N) is 6. The summed E-state index contributed by atoms with van der Waals surface area (Å²) >= 11 is 0. The number of nitrogens with two attached hydrogens (primary N) is 1. The Morgan fingerprint density at radius 3 is 2.69 bits per heavy atom. The number of aromatic nitrogens is 2. The zero-order valence-electron chi connectivity index (χ0n) is 28.2. The molecule has 0 aliphatic carbocycles. The van der Waals surface area contributed by atoms with Crippen LogP contribution in [0.15, 0.2) is 64.8 Å².